The average molecular weight is 267 g/mol. The number of carbonyl (C=O) groups is 1. The Morgan fingerprint density at radius 1 is 1.54 bits per heavy atom. The maximum absolute atomic E-state index is 10.6. The maximum Gasteiger partial charge on any atom is 0.337 e. The minimum atomic E-state index is -0.997. The van der Waals surface area contributed by atoms with Crippen LogP contribution in [0.3, 0.4) is 0 Å². The van der Waals surface area contributed by atoms with Crippen LogP contribution in [0.4, 0.5) is 5.69 Å². The Morgan fingerprint density at radius 3 is 2.54 bits per heavy atom. The molecule has 0 amide bonds. The topological polar surface area (TPSA) is 63.3 Å². The Hall–Kier alpha value is -0.740. The Bertz CT molecular complexity index is 341. The van der Waals surface area contributed by atoms with Crippen molar-refractivity contribution in [1.82, 2.24) is 0 Å². The third kappa shape index (κ3) is 2.60. The molecular formula is C8H9BrClNO2. The first kappa shape index (κ1) is 12.3. The zero-order valence-electron chi connectivity index (χ0n) is 6.87. The molecule has 0 aliphatic carbocycles. The monoisotopic (exact) mass is 265 g/mol. The van der Waals surface area contributed by atoms with E-state index < -0.39 is 5.97 Å². The summed E-state index contributed by atoms with van der Waals surface area (Å²) in [6.07, 6.45) is 0. The van der Waals surface area contributed by atoms with Gasteiger partial charge in [-0.2, -0.15) is 0 Å². The Morgan fingerprint density at radius 2 is 2.08 bits per heavy atom. The van der Waals surface area contributed by atoms with Crippen LogP contribution in [-0.2, 0) is 0 Å². The Kier molecular flexibility index (Phi) is 4.23. The number of nitrogen functional groups attached to an aromatic ring is 1. The maximum atomic E-state index is 10.6. The molecule has 1 rings (SSSR count). The summed E-state index contributed by atoms with van der Waals surface area (Å²) in [7, 11) is 0. The van der Waals surface area contributed by atoms with E-state index in [1.54, 1.807) is 12.1 Å². The second-order valence-electron chi connectivity index (χ2n) is 2.49. The molecule has 0 aliphatic rings. The molecule has 5 heteroatoms. The number of carboxylic acid groups (broad SMARTS) is 1. The van der Waals surface area contributed by atoms with Crippen molar-refractivity contribution in [2.45, 2.75) is 6.92 Å². The van der Waals surface area contributed by atoms with Gasteiger partial charge in [0.1, 0.15) is 0 Å². The van der Waals surface area contributed by atoms with Gasteiger partial charge < -0.3 is 10.8 Å². The predicted octanol–water partition coefficient (Wildman–Crippen LogP) is 2.46. The summed E-state index contributed by atoms with van der Waals surface area (Å²) in [4.78, 5) is 10.6. The highest BCUT2D eigenvalue weighted by molar-refractivity contribution is 9.10. The SMILES string of the molecule is Cc1cc(C(=O)O)c(N)cc1Br.Cl. The molecule has 0 bridgehead atoms. The fraction of sp³-hybridized carbons (Fsp3) is 0.125. The standard InChI is InChI=1S/C8H8BrNO2.ClH/c1-4-2-5(8(11)12)7(10)3-6(4)9;/h2-3H,10H2,1H3,(H,11,12);1H. The molecule has 0 atom stereocenters. The van der Waals surface area contributed by atoms with Crippen molar-refractivity contribution in [2.75, 3.05) is 5.73 Å². The highest BCUT2D eigenvalue weighted by Gasteiger charge is 2.09. The average Bonchev–Trinajstić information content (AvgIpc) is 1.96. The molecule has 1 aromatic rings. The second-order valence-corrected chi connectivity index (χ2v) is 3.35. The number of carboxylic acids is 1. The van der Waals surface area contributed by atoms with Crippen LogP contribution < -0.4 is 5.73 Å². The summed E-state index contributed by atoms with van der Waals surface area (Å²) in [6, 6.07) is 3.14. The second kappa shape index (κ2) is 4.48. The fourth-order valence-electron chi connectivity index (χ4n) is 0.882. The summed E-state index contributed by atoms with van der Waals surface area (Å²) in [5.74, 6) is -0.997. The lowest BCUT2D eigenvalue weighted by atomic mass is 10.1. The van der Waals surface area contributed by atoms with Crippen LogP contribution in [0, 0.1) is 6.92 Å². The van der Waals surface area contributed by atoms with Crippen LogP contribution in [0.1, 0.15) is 15.9 Å². The van der Waals surface area contributed by atoms with Gasteiger partial charge in [0, 0.05) is 10.2 Å². The van der Waals surface area contributed by atoms with Gasteiger partial charge in [-0.25, -0.2) is 4.79 Å². The molecule has 0 fully saturated rings. The van der Waals surface area contributed by atoms with E-state index in [-0.39, 0.29) is 23.7 Å². The lowest BCUT2D eigenvalue weighted by Crippen LogP contribution is -2.02. The van der Waals surface area contributed by atoms with Crippen LogP contribution in [0.5, 0.6) is 0 Å². The van der Waals surface area contributed by atoms with Crippen LogP contribution in [0.25, 0.3) is 0 Å². The number of nitrogens with two attached hydrogens (primary N) is 1. The molecule has 1 aromatic carbocycles. The number of hydrogen-bond acceptors (Lipinski definition) is 2. The van der Waals surface area contributed by atoms with E-state index in [0.717, 1.165) is 10.0 Å². The highest BCUT2D eigenvalue weighted by Crippen LogP contribution is 2.22. The van der Waals surface area contributed by atoms with Crippen LogP contribution in [-0.4, -0.2) is 11.1 Å². The largest absolute Gasteiger partial charge is 0.478 e. The van der Waals surface area contributed by atoms with Gasteiger partial charge in [-0.15, -0.1) is 12.4 Å². The van der Waals surface area contributed by atoms with Crippen molar-refractivity contribution in [2.24, 2.45) is 0 Å². The van der Waals surface area contributed by atoms with E-state index in [2.05, 4.69) is 15.9 Å². The molecule has 0 saturated heterocycles. The Balaban J connectivity index is 0.00000144. The van der Waals surface area contributed by atoms with Crippen molar-refractivity contribution in [3.63, 3.8) is 0 Å². The zero-order chi connectivity index (χ0) is 9.30. The minimum absolute atomic E-state index is 0. The number of halogens is 2. The molecule has 72 valence electrons. The van der Waals surface area contributed by atoms with E-state index in [0.29, 0.717) is 0 Å². The van der Waals surface area contributed by atoms with E-state index in [9.17, 15) is 4.79 Å². The molecule has 3 nitrogen and oxygen atoms in total. The molecule has 0 spiro atoms. The summed E-state index contributed by atoms with van der Waals surface area (Å²) in [6.45, 7) is 1.82. The fourth-order valence-corrected chi connectivity index (χ4v) is 1.24. The first-order valence-corrected chi connectivity index (χ1v) is 4.10. The minimum Gasteiger partial charge on any atom is -0.478 e. The summed E-state index contributed by atoms with van der Waals surface area (Å²) in [5, 5.41) is 8.69. The van der Waals surface area contributed by atoms with Crippen molar-refractivity contribution in [1.29, 1.82) is 0 Å². The van der Waals surface area contributed by atoms with Crippen LogP contribution in [0.2, 0.25) is 0 Å². The lowest BCUT2D eigenvalue weighted by molar-refractivity contribution is 0.0698. The molecule has 13 heavy (non-hydrogen) atoms. The van der Waals surface area contributed by atoms with Gasteiger partial charge in [0.15, 0.2) is 0 Å². The molecule has 0 aliphatic heterocycles. The van der Waals surface area contributed by atoms with Crippen LogP contribution in [0.15, 0.2) is 16.6 Å². The molecule has 0 saturated carbocycles. The molecule has 0 radical (unpaired) electrons. The Labute approximate surface area is 90.5 Å². The number of anilines is 1. The highest BCUT2D eigenvalue weighted by atomic mass is 79.9. The number of hydrogen-bond donors (Lipinski definition) is 2. The predicted molar refractivity (Wildman–Crippen MR) is 57.5 cm³/mol. The van der Waals surface area contributed by atoms with Gasteiger partial charge in [0.25, 0.3) is 0 Å². The summed E-state index contributed by atoms with van der Waals surface area (Å²) >= 11 is 3.26. The van der Waals surface area contributed by atoms with Gasteiger partial charge in [0.2, 0.25) is 0 Å². The van der Waals surface area contributed by atoms with Gasteiger partial charge >= 0.3 is 5.97 Å². The van der Waals surface area contributed by atoms with Crippen LogP contribution >= 0.6 is 28.3 Å². The first-order chi connectivity index (χ1) is 5.52. The van der Waals surface area contributed by atoms with Crippen molar-refractivity contribution < 1.29 is 9.90 Å². The molecule has 0 unspecified atom stereocenters. The van der Waals surface area contributed by atoms with Gasteiger partial charge in [-0.3, -0.25) is 0 Å². The molecule has 3 N–H and O–H groups in total. The lowest BCUT2D eigenvalue weighted by Gasteiger charge is -2.03. The number of rotatable bonds is 1. The van der Waals surface area contributed by atoms with Gasteiger partial charge in [0.05, 0.1) is 5.56 Å². The summed E-state index contributed by atoms with van der Waals surface area (Å²) in [5.41, 5.74) is 6.77. The number of aryl methyl sites for hydroxylation is 1. The third-order valence-corrected chi connectivity index (χ3v) is 2.42. The first-order valence-electron chi connectivity index (χ1n) is 3.31. The number of aromatic carboxylic acids is 1. The third-order valence-electron chi connectivity index (χ3n) is 1.56. The summed E-state index contributed by atoms with van der Waals surface area (Å²) < 4.78 is 0.824. The smallest absolute Gasteiger partial charge is 0.337 e. The normalized spacial score (nSPS) is 9.08. The van der Waals surface area contributed by atoms with E-state index in [1.807, 2.05) is 6.92 Å². The molecular weight excluding hydrogens is 257 g/mol. The van der Waals surface area contributed by atoms with E-state index >= 15 is 0 Å². The zero-order valence-corrected chi connectivity index (χ0v) is 9.28. The van der Waals surface area contributed by atoms with Gasteiger partial charge in [-0.1, -0.05) is 15.9 Å². The molecule has 0 heterocycles. The van der Waals surface area contributed by atoms with Crippen molar-refractivity contribution in [3.8, 4) is 0 Å². The quantitative estimate of drug-likeness (QED) is 0.768. The number of benzene rings is 1. The van der Waals surface area contributed by atoms with E-state index in [4.69, 9.17) is 10.8 Å². The van der Waals surface area contributed by atoms with Crippen molar-refractivity contribution in [3.05, 3.63) is 27.7 Å². The molecule has 0 aromatic heterocycles. The van der Waals surface area contributed by atoms with Crippen molar-refractivity contribution >= 4 is 40.0 Å². The van der Waals surface area contributed by atoms with Gasteiger partial charge in [-0.05, 0) is 24.6 Å². The van der Waals surface area contributed by atoms with E-state index in [1.165, 1.54) is 0 Å².